The summed E-state index contributed by atoms with van der Waals surface area (Å²) in [6, 6.07) is 21.5. The van der Waals surface area contributed by atoms with Crippen molar-refractivity contribution in [3.8, 4) is 11.5 Å². The first-order chi connectivity index (χ1) is 17.4. The van der Waals surface area contributed by atoms with E-state index in [-0.39, 0.29) is 11.9 Å². The van der Waals surface area contributed by atoms with Crippen LogP contribution in [0.2, 0.25) is 0 Å². The van der Waals surface area contributed by atoms with Gasteiger partial charge in [-0.1, -0.05) is 48.0 Å². The zero-order chi connectivity index (χ0) is 25.5. The average Bonchev–Trinajstić information content (AvgIpc) is 3.39. The minimum Gasteiger partial charge on any atom is -0.493 e. The lowest BCUT2D eigenvalue weighted by Gasteiger charge is -2.15. The Kier molecular flexibility index (Phi) is 8.20. The van der Waals surface area contributed by atoms with Crippen molar-refractivity contribution < 1.29 is 14.3 Å². The molecular formula is C28H33N5O3. The van der Waals surface area contributed by atoms with Crippen LogP contribution < -0.4 is 30.7 Å². The predicted octanol–water partition coefficient (Wildman–Crippen LogP) is 3.71. The fraction of sp³-hybridized carbons (Fsp3) is 0.286. The molecule has 1 fully saturated rings. The van der Waals surface area contributed by atoms with Gasteiger partial charge in [0.05, 0.1) is 13.3 Å². The van der Waals surface area contributed by atoms with Gasteiger partial charge in [0.2, 0.25) is 0 Å². The van der Waals surface area contributed by atoms with Crippen LogP contribution >= 0.6 is 0 Å². The lowest BCUT2D eigenvalue weighted by molar-refractivity contribution is -0.122. The van der Waals surface area contributed by atoms with Crippen molar-refractivity contribution in [2.24, 2.45) is 5.10 Å². The van der Waals surface area contributed by atoms with E-state index in [2.05, 4.69) is 52.6 Å². The number of hydrazone groups is 1. The second-order valence-electron chi connectivity index (χ2n) is 9.03. The number of hydrazine groups is 1. The number of aryl methyl sites for hydroxylation is 1. The van der Waals surface area contributed by atoms with Crippen LogP contribution in [0.15, 0.2) is 71.8 Å². The molecule has 0 aromatic heterocycles. The molecule has 0 spiro atoms. The Labute approximate surface area is 212 Å². The van der Waals surface area contributed by atoms with Crippen LogP contribution in [-0.4, -0.2) is 39.4 Å². The summed E-state index contributed by atoms with van der Waals surface area (Å²) in [6.07, 6.45) is 2.21. The molecule has 2 unspecified atom stereocenters. The van der Waals surface area contributed by atoms with Crippen molar-refractivity contribution in [3.63, 3.8) is 0 Å². The molecule has 1 amide bonds. The number of hydrogen-bond donors (Lipinski definition) is 3. The number of nitrogens with zero attached hydrogens (tertiary/aromatic N) is 2. The van der Waals surface area contributed by atoms with Gasteiger partial charge in [-0.3, -0.25) is 4.79 Å². The SMILES string of the molecule is COc1cc(C2CC(C(=O)N/N=C/c3ccc(N(C)C)cc3)NN2)ccc1OCc1ccc(C)cc1. The van der Waals surface area contributed by atoms with Crippen LogP contribution in [0.5, 0.6) is 11.5 Å². The van der Waals surface area contributed by atoms with Crippen LogP contribution in [0.3, 0.4) is 0 Å². The topological polar surface area (TPSA) is 87.2 Å². The molecule has 8 nitrogen and oxygen atoms in total. The Hall–Kier alpha value is -3.88. The van der Waals surface area contributed by atoms with Gasteiger partial charge in [-0.25, -0.2) is 16.3 Å². The van der Waals surface area contributed by atoms with E-state index in [9.17, 15) is 4.79 Å². The fourth-order valence-corrected chi connectivity index (χ4v) is 3.92. The maximum absolute atomic E-state index is 12.6. The largest absolute Gasteiger partial charge is 0.493 e. The van der Waals surface area contributed by atoms with Crippen LogP contribution in [-0.2, 0) is 11.4 Å². The standard InChI is InChI=1S/C28H33N5O3/c1-19-5-7-21(8-6-19)18-36-26-14-11-22(15-27(26)35-4)24-16-25(31-30-24)28(34)32-29-17-20-9-12-23(13-10-20)33(2)3/h5-15,17,24-25,30-31H,16,18H2,1-4H3,(H,32,34)/b29-17+. The molecule has 1 heterocycles. The Balaban J connectivity index is 1.31. The number of anilines is 1. The third-order valence-corrected chi connectivity index (χ3v) is 6.12. The number of hydrogen-bond acceptors (Lipinski definition) is 7. The molecule has 0 saturated carbocycles. The zero-order valence-corrected chi connectivity index (χ0v) is 21.1. The molecular weight excluding hydrogens is 454 g/mol. The molecule has 0 aliphatic carbocycles. The number of carbonyl (C=O) groups excluding carboxylic acids is 1. The third kappa shape index (κ3) is 6.41. The van der Waals surface area contributed by atoms with Gasteiger partial charge in [0, 0.05) is 25.8 Å². The third-order valence-electron chi connectivity index (χ3n) is 6.12. The summed E-state index contributed by atoms with van der Waals surface area (Å²) in [5.74, 6) is 1.13. The van der Waals surface area contributed by atoms with E-state index in [1.807, 2.05) is 61.5 Å². The molecule has 1 aliphatic heterocycles. The highest BCUT2D eigenvalue weighted by molar-refractivity contribution is 5.85. The van der Waals surface area contributed by atoms with Gasteiger partial charge in [-0.15, -0.1) is 0 Å². The summed E-state index contributed by atoms with van der Waals surface area (Å²) in [5, 5.41) is 4.11. The van der Waals surface area contributed by atoms with E-state index in [4.69, 9.17) is 9.47 Å². The monoisotopic (exact) mass is 487 g/mol. The molecule has 4 rings (SSSR count). The fourth-order valence-electron chi connectivity index (χ4n) is 3.92. The van der Waals surface area contributed by atoms with Gasteiger partial charge in [-0.2, -0.15) is 5.10 Å². The molecule has 188 valence electrons. The van der Waals surface area contributed by atoms with Crippen molar-refractivity contribution in [3.05, 3.63) is 89.0 Å². The van der Waals surface area contributed by atoms with Gasteiger partial charge < -0.3 is 14.4 Å². The summed E-state index contributed by atoms with van der Waals surface area (Å²) < 4.78 is 11.6. The molecule has 1 saturated heterocycles. The zero-order valence-electron chi connectivity index (χ0n) is 21.1. The Bertz CT molecular complexity index is 1190. The van der Waals surface area contributed by atoms with E-state index in [1.165, 1.54) is 5.56 Å². The maximum Gasteiger partial charge on any atom is 0.258 e. The van der Waals surface area contributed by atoms with Crippen molar-refractivity contribution in [2.75, 3.05) is 26.1 Å². The van der Waals surface area contributed by atoms with Crippen LogP contribution in [0, 0.1) is 6.92 Å². The van der Waals surface area contributed by atoms with Gasteiger partial charge in [-0.05, 0) is 54.3 Å². The highest BCUT2D eigenvalue weighted by Gasteiger charge is 2.30. The summed E-state index contributed by atoms with van der Waals surface area (Å²) in [6.45, 7) is 2.52. The summed E-state index contributed by atoms with van der Waals surface area (Å²) in [4.78, 5) is 14.6. The highest BCUT2D eigenvalue weighted by atomic mass is 16.5. The van der Waals surface area contributed by atoms with Gasteiger partial charge in [0.1, 0.15) is 12.6 Å². The minimum atomic E-state index is -0.410. The van der Waals surface area contributed by atoms with E-state index in [0.717, 1.165) is 22.4 Å². The Morgan fingerprint density at radius 3 is 2.50 bits per heavy atom. The molecule has 0 bridgehead atoms. The maximum atomic E-state index is 12.6. The summed E-state index contributed by atoms with van der Waals surface area (Å²) in [7, 11) is 5.61. The molecule has 3 N–H and O–H groups in total. The number of ether oxygens (including phenoxy) is 2. The van der Waals surface area contributed by atoms with Crippen LogP contribution in [0.4, 0.5) is 5.69 Å². The first-order valence-corrected chi connectivity index (χ1v) is 11.9. The number of methoxy groups -OCH3 is 1. The normalized spacial score (nSPS) is 17.2. The van der Waals surface area contributed by atoms with E-state index < -0.39 is 6.04 Å². The molecule has 0 radical (unpaired) electrons. The second kappa shape index (κ2) is 11.7. The van der Waals surface area contributed by atoms with Crippen molar-refractivity contribution in [2.45, 2.75) is 32.0 Å². The van der Waals surface area contributed by atoms with E-state index >= 15 is 0 Å². The van der Waals surface area contributed by atoms with Crippen molar-refractivity contribution in [1.82, 2.24) is 16.3 Å². The molecule has 8 heteroatoms. The first-order valence-electron chi connectivity index (χ1n) is 11.9. The number of nitrogens with one attached hydrogen (secondary N) is 3. The summed E-state index contributed by atoms with van der Waals surface area (Å²) in [5.41, 5.74) is 14.2. The summed E-state index contributed by atoms with van der Waals surface area (Å²) >= 11 is 0. The lowest BCUT2D eigenvalue weighted by Crippen LogP contribution is -2.41. The van der Waals surface area contributed by atoms with Crippen molar-refractivity contribution in [1.29, 1.82) is 0 Å². The molecule has 1 aliphatic rings. The average molecular weight is 488 g/mol. The van der Waals surface area contributed by atoms with Crippen LogP contribution in [0.25, 0.3) is 0 Å². The molecule has 3 aromatic rings. The second-order valence-corrected chi connectivity index (χ2v) is 9.03. The van der Waals surface area contributed by atoms with E-state index in [0.29, 0.717) is 24.5 Å². The van der Waals surface area contributed by atoms with Crippen LogP contribution in [0.1, 0.15) is 34.7 Å². The first kappa shape index (κ1) is 25.2. The number of benzene rings is 3. The van der Waals surface area contributed by atoms with Gasteiger partial charge in [0.25, 0.3) is 5.91 Å². The van der Waals surface area contributed by atoms with E-state index in [1.54, 1.807) is 13.3 Å². The Morgan fingerprint density at radius 2 is 1.81 bits per heavy atom. The Morgan fingerprint density at radius 1 is 1.06 bits per heavy atom. The number of rotatable bonds is 9. The minimum absolute atomic E-state index is 0.0524. The molecule has 3 aromatic carbocycles. The predicted molar refractivity (Wildman–Crippen MR) is 142 cm³/mol. The lowest BCUT2D eigenvalue weighted by atomic mass is 10.0. The molecule has 2 atom stereocenters. The number of amides is 1. The highest BCUT2D eigenvalue weighted by Crippen LogP contribution is 2.33. The van der Waals surface area contributed by atoms with Crippen molar-refractivity contribution >= 4 is 17.8 Å². The number of carbonyl (C=O) groups is 1. The smallest absolute Gasteiger partial charge is 0.258 e. The van der Waals surface area contributed by atoms with Gasteiger partial charge >= 0.3 is 0 Å². The molecule has 36 heavy (non-hydrogen) atoms. The van der Waals surface area contributed by atoms with Gasteiger partial charge in [0.15, 0.2) is 11.5 Å². The quantitative estimate of drug-likeness (QED) is 0.315.